The zero-order valence-corrected chi connectivity index (χ0v) is 10.6. The fourth-order valence-corrected chi connectivity index (χ4v) is 1.69. The first-order valence-corrected chi connectivity index (χ1v) is 5.93. The monoisotopic (exact) mass is 252 g/mol. The lowest BCUT2D eigenvalue weighted by molar-refractivity contribution is -0.132. The standard InChI is InChI=1S/C13H17FN2O2/c1-8-5-12(10(14)6-11(8)15)18-7-13(17)16(2)9-3-4-9/h5-6,9H,3-4,7,15H2,1-2H3. The molecule has 1 aliphatic rings. The molecule has 0 aliphatic heterocycles. The molecule has 2 N–H and O–H groups in total. The van der Waals surface area contributed by atoms with Crippen LogP contribution in [-0.2, 0) is 4.79 Å². The number of nitrogens with two attached hydrogens (primary N) is 1. The minimum absolute atomic E-state index is 0.0687. The molecule has 18 heavy (non-hydrogen) atoms. The molecule has 5 heteroatoms. The Balaban J connectivity index is 1.97. The molecule has 1 aromatic rings. The molecule has 0 radical (unpaired) electrons. The van der Waals surface area contributed by atoms with Gasteiger partial charge < -0.3 is 15.4 Å². The highest BCUT2D eigenvalue weighted by Gasteiger charge is 2.29. The first-order valence-electron chi connectivity index (χ1n) is 5.93. The molecule has 1 amide bonds. The lowest BCUT2D eigenvalue weighted by atomic mass is 10.2. The van der Waals surface area contributed by atoms with Crippen molar-refractivity contribution in [3.63, 3.8) is 0 Å². The van der Waals surface area contributed by atoms with Crippen LogP contribution in [0.15, 0.2) is 12.1 Å². The van der Waals surface area contributed by atoms with Crippen molar-refractivity contribution in [1.29, 1.82) is 0 Å². The molecule has 0 saturated heterocycles. The Kier molecular flexibility index (Phi) is 3.41. The first kappa shape index (κ1) is 12.7. The number of halogens is 1. The van der Waals surface area contributed by atoms with Gasteiger partial charge in [-0.2, -0.15) is 0 Å². The number of carbonyl (C=O) groups excluding carboxylic acids is 1. The van der Waals surface area contributed by atoms with Crippen molar-refractivity contribution in [2.24, 2.45) is 0 Å². The van der Waals surface area contributed by atoms with E-state index in [-0.39, 0.29) is 18.3 Å². The van der Waals surface area contributed by atoms with E-state index in [1.807, 2.05) is 0 Å². The van der Waals surface area contributed by atoms with Gasteiger partial charge in [-0.3, -0.25) is 4.79 Å². The summed E-state index contributed by atoms with van der Waals surface area (Å²) in [5.74, 6) is -0.606. The van der Waals surface area contributed by atoms with E-state index in [4.69, 9.17) is 10.5 Å². The molecule has 4 nitrogen and oxygen atoms in total. The second-order valence-electron chi connectivity index (χ2n) is 4.66. The Labute approximate surface area is 106 Å². The summed E-state index contributed by atoms with van der Waals surface area (Å²) in [7, 11) is 1.74. The number of nitrogens with zero attached hydrogens (tertiary/aromatic N) is 1. The van der Waals surface area contributed by atoms with Crippen LogP contribution in [0.4, 0.5) is 10.1 Å². The largest absolute Gasteiger partial charge is 0.481 e. The Morgan fingerprint density at radius 2 is 2.22 bits per heavy atom. The van der Waals surface area contributed by atoms with Gasteiger partial charge in [0.25, 0.3) is 5.91 Å². The number of carbonyl (C=O) groups is 1. The predicted octanol–water partition coefficient (Wildman–Crippen LogP) is 1.72. The molecule has 0 atom stereocenters. The van der Waals surface area contributed by atoms with E-state index < -0.39 is 5.82 Å². The molecule has 2 rings (SSSR count). The highest BCUT2D eigenvalue weighted by molar-refractivity contribution is 5.78. The number of hydrogen-bond donors (Lipinski definition) is 1. The number of anilines is 1. The first-order chi connectivity index (χ1) is 8.49. The molecule has 98 valence electrons. The van der Waals surface area contributed by atoms with E-state index in [2.05, 4.69) is 0 Å². The normalized spacial score (nSPS) is 14.4. The maximum Gasteiger partial charge on any atom is 0.260 e. The third-order valence-corrected chi connectivity index (χ3v) is 3.16. The summed E-state index contributed by atoms with van der Waals surface area (Å²) in [6.07, 6.45) is 2.08. The van der Waals surface area contributed by atoms with Crippen molar-refractivity contribution < 1.29 is 13.9 Å². The van der Waals surface area contributed by atoms with Gasteiger partial charge in [-0.25, -0.2) is 4.39 Å². The SMILES string of the molecule is Cc1cc(OCC(=O)N(C)C2CC2)c(F)cc1N. The van der Waals surface area contributed by atoms with Gasteiger partial charge in [0.1, 0.15) is 0 Å². The number of benzene rings is 1. The lowest BCUT2D eigenvalue weighted by Crippen LogP contribution is -2.33. The molecule has 1 saturated carbocycles. The van der Waals surface area contributed by atoms with Crippen LogP contribution in [0, 0.1) is 12.7 Å². The van der Waals surface area contributed by atoms with Gasteiger partial charge >= 0.3 is 0 Å². The lowest BCUT2D eigenvalue weighted by Gasteiger charge is -2.17. The molecule has 0 spiro atoms. The van der Waals surface area contributed by atoms with Crippen molar-refractivity contribution in [2.75, 3.05) is 19.4 Å². The third kappa shape index (κ3) is 2.72. The highest BCUT2D eigenvalue weighted by Crippen LogP contribution is 2.26. The summed E-state index contributed by atoms with van der Waals surface area (Å²) in [6.45, 7) is 1.62. The fraction of sp³-hybridized carbons (Fsp3) is 0.462. The number of likely N-dealkylation sites (N-methyl/N-ethyl adjacent to an activating group) is 1. The van der Waals surface area contributed by atoms with Gasteiger partial charge in [0.05, 0.1) is 0 Å². The summed E-state index contributed by atoms with van der Waals surface area (Å²) in [6, 6.07) is 3.05. The molecular formula is C13H17FN2O2. The average molecular weight is 252 g/mol. The van der Waals surface area contributed by atoms with Crippen molar-refractivity contribution in [1.82, 2.24) is 4.90 Å². The van der Waals surface area contributed by atoms with Gasteiger partial charge in [0, 0.05) is 24.8 Å². The van der Waals surface area contributed by atoms with E-state index in [0.717, 1.165) is 18.4 Å². The number of aryl methyl sites for hydroxylation is 1. The Bertz CT molecular complexity index is 472. The van der Waals surface area contributed by atoms with Crippen LogP contribution in [0.5, 0.6) is 5.75 Å². The van der Waals surface area contributed by atoms with Gasteiger partial charge in [-0.1, -0.05) is 0 Å². The van der Waals surface area contributed by atoms with Crippen LogP contribution in [0.1, 0.15) is 18.4 Å². The summed E-state index contributed by atoms with van der Waals surface area (Å²) in [5.41, 5.74) is 6.68. The van der Waals surface area contributed by atoms with Crippen molar-refractivity contribution in [3.8, 4) is 5.75 Å². The van der Waals surface area contributed by atoms with E-state index in [1.54, 1.807) is 18.9 Å². The smallest absolute Gasteiger partial charge is 0.260 e. The zero-order valence-electron chi connectivity index (χ0n) is 10.6. The van der Waals surface area contributed by atoms with Gasteiger partial charge in [-0.15, -0.1) is 0 Å². The molecule has 0 bridgehead atoms. The molecule has 1 fully saturated rings. The van der Waals surface area contributed by atoms with Crippen molar-refractivity contribution in [3.05, 3.63) is 23.5 Å². The van der Waals surface area contributed by atoms with Crippen molar-refractivity contribution in [2.45, 2.75) is 25.8 Å². The topological polar surface area (TPSA) is 55.6 Å². The molecule has 1 aromatic carbocycles. The Morgan fingerprint density at radius 1 is 1.56 bits per heavy atom. The minimum atomic E-state index is -0.542. The van der Waals surface area contributed by atoms with Crippen LogP contribution in [0.25, 0.3) is 0 Å². The molecular weight excluding hydrogens is 235 g/mol. The van der Waals surface area contributed by atoms with E-state index in [9.17, 15) is 9.18 Å². The Morgan fingerprint density at radius 3 is 2.83 bits per heavy atom. The van der Waals surface area contributed by atoms with Crippen molar-refractivity contribution >= 4 is 11.6 Å². The van der Waals surface area contributed by atoms with Crippen LogP contribution >= 0.6 is 0 Å². The highest BCUT2D eigenvalue weighted by atomic mass is 19.1. The molecule has 0 unspecified atom stereocenters. The maximum absolute atomic E-state index is 13.5. The fourth-order valence-electron chi connectivity index (χ4n) is 1.69. The second kappa shape index (κ2) is 4.84. The summed E-state index contributed by atoms with van der Waals surface area (Å²) < 4.78 is 18.7. The second-order valence-corrected chi connectivity index (χ2v) is 4.66. The van der Waals surface area contributed by atoms with Crippen LogP contribution in [0.3, 0.4) is 0 Å². The maximum atomic E-state index is 13.5. The molecule has 1 aliphatic carbocycles. The molecule has 0 heterocycles. The van der Waals surface area contributed by atoms with Gasteiger partial charge in [-0.05, 0) is 31.4 Å². The zero-order chi connectivity index (χ0) is 13.3. The van der Waals surface area contributed by atoms with E-state index >= 15 is 0 Å². The van der Waals surface area contributed by atoms with E-state index in [1.165, 1.54) is 12.1 Å². The Hall–Kier alpha value is -1.78. The quantitative estimate of drug-likeness (QED) is 0.830. The number of amides is 1. The average Bonchev–Trinajstić information content (AvgIpc) is 3.14. The minimum Gasteiger partial charge on any atom is -0.481 e. The van der Waals surface area contributed by atoms with Crippen LogP contribution < -0.4 is 10.5 Å². The number of ether oxygens (including phenoxy) is 1. The number of rotatable bonds is 4. The predicted molar refractivity (Wildman–Crippen MR) is 66.8 cm³/mol. The van der Waals surface area contributed by atoms with Gasteiger partial charge in [0.15, 0.2) is 18.2 Å². The third-order valence-electron chi connectivity index (χ3n) is 3.16. The van der Waals surface area contributed by atoms with E-state index in [0.29, 0.717) is 11.7 Å². The summed E-state index contributed by atoms with van der Waals surface area (Å²) in [5, 5.41) is 0. The van der Waals surface area contributed by atoms with Crippen LogP contribution in [-0.4, -0.2) is 30.5 Å². The van der Waals surface area contributed by atoms with Gasteiger partial charge in [0.2, 0.25) is 0 Å². The van der Waals surface area contributed by atoms with Crippen LogP contribution in [0.2, 0.25) is 0 Å². The molecule has 0 aromatic heterocycles. The summed E-state index contributed by atoms with van der Waals surface area (Å²) >= 11 is 0. The number of nitrogen functional groups attached to an aromatic ring is 1. The summed E-state index contributed by atoms with van der Waals surface area (Å²) in [4.78, 5) is 13.4. The number of hydrogen-bond acceptors (Lipinski definition) is 3.